The number of hydrogen-bond donors (Lipinski definition) is 3. The summed E-state index contributed by atoms with van der Waals surface area (Å²) in [6, 6.07) is 0. The molecule has 3 heterocycles. The fourth-order valence-electron chi connectivity index (χ4n) is 2.29. The maximum absolute atomic E-state index is 14.2. The van der Waals surface area contributed by atoms with E-state index in [-0.39, 0.29) is 12.2 Å². The lowest BCUT2D eigenvalue weighted by Crippen LogP contribution is -2.17. The van der Waals surface area contributed by atoms with Crippen LogP contribution in [-0.2, 0) is 13.8 Å². The molecule has 12 heteroatoms. The Kier molecular flexibility index (Phi) is 3.83. The first-order valence-electron chi connectivity index (χ1n) is 6.28. The van der Waals surface area contributed by atoms with Gasteiger partial charge in [0.1, 0.15) is 18.0 Å². The van der Waals surface area contributed by atoms with E-state index in [1.54, 1.807) is 0 Å². The predicted octanol–water partition coefficient (Wildman–Crippen LogP) is 0.143. The molecule has 1 saturated heterocycles. The third-order valence-electron chi connectivity index (χ3n) is 3.22. The number of nitrogens with two attached hydrogens (primary N) is 1. The van der Waals surface area contributed by atoms with Crippen LogP contribution in [0.2, 0.25) is 0 Å². The lowest BCUT2D eigenvalue weighted by molar-refractivity contribution is -0.0347. The number of rotatable bonds is 4. The van der Waals surface area contributed by atoms with Gasteiger partial charge in [0.2, 0.25) is 0 Å². The predicted molar refractivity (Wildman–Crippen MR) is 71.2 cm³/mol. The van der Waals surface area contributed by atoms with Gasteiger partial charge < -0.3 is 20.3 Å². The molecule has 1 unspecified atom stereocenters. The minimum atomic E-state index is -4.62. The highest BCUT2D eigenvalue weighted by atomic mass is 31.2. The van der Waals surface area contributed by atoms with Gasteiger partial charge in [-0.1, -0.05) is 0 Å². The number of ether oxygens (including phenoxy) is 1. The molecule has 1 fully saturated rings. The Balaban J connectivity index is 1.80. The Morgan fingerprint density at radius 2 is 2.27 bits per heavy atom. The molecule has 0 amide bonds. The zero-order valence-corrected chi connectivity index (χ0v) is 12.0. The van der Waals surface area contributed by atoms with Crippen molar-refractivity contribution in [3.05, 3.63) is 12.7 Å². The molecule has 0 saturated carbocycles. The second kappa shape index (κ2) is 5.52. The summed E-state index contributed by atoms with van der Waals surface area (Å²) in [5.41, 5.74) is 6.30. The van der Waals surface area contributed by atoms with Crippen molar-refractivity contribution in [3.8, 4) is 0 Å². The van der Waals surface area contributed by atoms with Gasteiger partial charge >= 0.3 is 7.82 Å². The molecule has 0 spiro atoms. The molecule has 10 nitrogen and oxygen atoms in total. The summed E-state index contributed by atoms with van der Waals surface area (Å²) in [6.07, 6.45) is -0.718. The number of fused-ring (bicyclic) bond motifs is 1. The van der Waals surface area contributed by atoms with Crippen LogP contribution in [0.3, 0.4) is 0 Å². The molecule has 22 heavy (non-hydrogen) atoms. The number of hydrogen-bond acceptors (Lipinski definition) is 7. The average molecular weight is 333 g/mol. The van der Waals surface area contributed by atoms with Crippen LogP contribution in [0.1, 0.15) is 12.6 Å². The Morgan fingerprint density at radius 1 is 1.50 bits per heavy atom. The van der Waals surface area contributed by atoms with Gasteiger partial charge in [-0.05, 0) is 0 Å². The third-order valence-corrected chi connectivity index (χ3v) is 3.70. The second-order valence-electron chi connectivity index (χ2n) is 4.77. The number of alkyl halides is 1. The Morgan fingerprint density at radius 3 is 3.00 bits per heavy atom. The fraction of sp³-hybridized carbons (Fsp3) is 0.500. The van der Waals surface area contributed by atoms with Gasteiger partial charge in [-0.3, -0.25) is 9.09 Å². The monoisotopic (exact) mass is 333 g/mol. The molecule has 3 rings (SSSR count). The van der Waals surface area contributed by atoms with Crippen molar-refractivity contribution in [1.82, 2.24) is 19.5 Å². The normalized spacial score (nSPS) is 25.9. The van der Waals surface area contributed by atoms with E-state index in [2.05, 4.69) is 19.5 Å². The molecule has 0 radical (unpaired) electrons. The summed E-state index contributed by atoms with van der Waals surface area (Å²) >= 11 is 0. The maximum Gasteiger partial charge on any atom is 0.469 e. The zero-order valence-electron chi connectivity index (χ0n) is 11.1. The molecule has 3 atom stereocenters. The Labute approximate surface area is 123 Å². The molecule has 0 aromatic carbocycles. The van der Waals surface area contributed by atoms with Crippen LogP contribution in [0.4, 0.5) is 10.2 Å². The lowest BCUT2D eigenvalue weighted by atomic mass is 10.2. The van der Waals surface area contributed by atoms with E-state index < -0.39 is 32.9 Å². The van der Waals surface area contributed by atoms with Crippen LogP contribution in [0.5, 0.6) is 0 Å². The van der Waals surface area contributed by atoms with Gasteiger partial charge in [-0.2, -0.15) is 0 Å². The van der Waals surface area contributed by atoms with Crippen LogP contribution in [-0.4, -0.2) is 48.2 Å². The Bertz CT molecular complexity index is 736. The fourth-order valence-corrected chi connectivity index (χ4v) is 2.65. The Hall–Kier alpha value is -1.65. The summed E-state index contributed by atoms with van der Waals surface area (Å²) in [5, 5.41) is 0. The van der Waals surface area contributed by atoms with Gasteiger partial charge in [-0.25, -0.2) is 23.9 Å². The zero-order chi connectivity index (χ0) is 15.9. The van der Waals surface area contributed by atoms with Crippen LogP contribution in [0.15, 0.2) is 12.7 Å². The number of anilines is 1. The van der Waals surface area contributed by atoms with Crippen molar-refractivity contribution in [1.29, 1.82) is 0 Å². The van der Waals surface area contributed by atoms with Gasteiger partial charge in [-0.15, -0.1) is 0 Å². The number of phosphoric acid groups is 1. The summed E-state index contributed by atoms with van der Waals surface area (Å²) in [7, 11) is -4.62. The number of nitrogen functional groups attached to an aromatic ring is 1. The largest absolute Gasteiger partial charge is 0.469 e. The summed E-state index contributed by atoms with van der Waals surface area (Å²) in [4.78, 5) is 29.1. The molecule has 1 aliphatic rings. The van der Waals surface area contributed by atoms with Crippen molar-refractivity contribution >= 4 is 24.8 Å². The van der Waals surface area contributed by atoms with Gasteiger partial charge in [0.15, 0.2) is 17.7 Å². The summed E-state index contributed by atoms with van der Waals surface area (Å²) < 4.78 is 36.0. The third kappa shape index (κ3) is 2.94. The first-order chi connectivity index (χ1) is 10.3. The van der Waals surface area contributed by atoms with Gasteiger partial charge in [0, 0.05) is 6.42 Å². The maximum atomic E-state index is 14.2. The van der Waals surface area contributed by atoms with Gasteiger partial charge in [0.25, 0.3) is 0 Å². The molecule has 2 aromatic rings. The van der Waals surface area contributed by atoms with Crippen molar-refractivity contribution in [2.24, 2.45) is 0 Å². The minimum Gasteiger partial charge on any atom is -0.382 e. The van der Waals surface area contributed by atoms with E-state index in [0.717, 1.165) is 0 Å². The topological polar surface area (TPSA) is 146 Å². The van der Waals surface area contributed by atoms with Crippen LogP contribution >= 0.6 is 7.82 Å². The number of aromatic nitrogens is 4. The average Bonchev–Trinajstić information content (AvgIpc) is 3.00. The van der Waals surface area contributed by atoms with Gasteiger partial charge in [0.05, 0.1) is 19.0 Å². The molecule has 0 bridgehead atoms. The molecule has 4 N–H and O–H groups in total. The highest BCUT2D eigenvalue weighted by Gasteiger charge is 2.38. The van der Waals surface area contributed by atoms with E-state index in [4.69, 9.17) is 20.3 Å². The molecular formula is C10H13FN5O5P. The molecule has 120 valence electrons. The molecular weight excluding hydrogens is 320 g/mol. The number of imidazole rings is 1. The highest BCUT2D eigenvalue weighted by Crippen LogP contribution is 2.39. The molecule has 2 aromatic heterocycles. The van der Waals surface area contributed by atoms with Crippen molar-refractivity contribution in [2.45, 2.75) is 24.9 Å². The lowest BCUT2D eigenvalue weighted by Gasteiger charge is -2.16. The first-order valence-corrected chi connectivity index (χ1v) is 7.81. The van der Waals surface area contributed by atoms with Crippen molar-refractivity contribution in [2.75, 3.05) is 12.3 Å². The van der Waals surface area contributed by atoms with Crippen LogP contribution in [0, 0.1) is 0 Å². The second-order valence-corrected chi connectivity index (χ2v) is 6.01. The van der Waals surface area contributed by atoms with E-state index in [1.807, 2.05) is 0 Å². The molecule has 1 aliphatic heterocycles. The summed E-state index contributed by atoms with van der Waals surface area (Å²) in [6.45, 7) is -0.412. The molecule has 0 aliphatic carbocycles. The van der Waals surface area contributed by atoms with Crippen LogP contribution in [0.25, 0.3) is 11.2 Å². The summed E-state index contributed by atoms with van der Waals surface area (Å²) in [5.74, 6) is 0.165. The minimum absolute atomic E-state index is 0.0646. The SMILES string of the molecule is Nc1ncnc2c1ncn2[C@@H]1O[C@H](COP(=O)(O)O)CC1F. The first kappa shape index (κ1) is 15.3. The quantitative estimate of drug-likeness (QED) is 0.665. The number of nitrogens with zero attached hydrogens (tertiary/aromatic N) is 4. The van der Waals surface area contributed by atoms with E-state index in [1.165, 1.54) is 17.2 Å². The van der Waals surface area contributed by atoms with E-state index in [0.29, 0.717) is 11.2 Å². The van der Waals surface area contributed by atoms with Crippen molar-refractivity contribution < 1.29 is 28.0 Å². The van der Waals surface area contributed by atoms with Crippen molar-refractivity contribution in [3.63, 3.8) is 0 Å². The standard InChI is InChI=1S/C10H13FN5O5P/c11-6-1-5(2-20-22(17,18)19)21-10(6)16-4-15-7-8(12)13-3-14-9(7)16/h3-6,10H,1-2H2,(H2,12,13,14)(H2,17,18,19)/t5-,6?,10+/m0/s1. The number of halogens is 1. The smallest absolute Gasteiger partial charge is 0.382 e. The highest BCUT2D eigenvalue weighted by molar-refractivity contribution is 7.46. The van der Waals surface area contributed by atoms with E-state index in [9.17, 15) is 8.96 Å². The van der Waals surface area contributed by atoms with E-state index >= 15 is 0 Å². The van der Waals surface area contributed by atoms with Crippen LogP contribution < -0.4 is 5.73 Å². The number of phosphoric ester groups is 1.